The van der Waals surface area contributed by atoms with Crippen LogP contribution in [-0.2, 0) is 0 Å². The number of alkyl halides is 1. The van der Waals surface area contributed by atoms with Crippen molar-refractivity contribution in [1.29, 1.82) is 0 Å². The second-order valence-electron chi connectivity index (χ2n) is 4.13. The van der Waals surface area contributed by atoms with E-state index in [1.54, 1.807) is 0 Å². The third-order valence-corrected chi connectivity index (χ3v) is 3.07. The molecule has 1 aliphatic heterocycles. The van der Waals surface area contributed by atoms with Crippen LogP contribution >= 0.6 is 24.8 Å². The van der Waals surface area contributed by atoms with Crippen LogP contribution in [0.4, 0.5) is 13.2 Å². The van der Waals surface area contributed by atoms with Gasteiger partial charge in [0.15, 0.2) is 11.6 Å². The van der Waals surface area contributed by atoms with E-state index < -0.39 is 24.4 Å². The summed E-state index contributed by atoms with van der Waals surface area (Å²) < 4.78 is 39.0. The van der Waals surface area contributed by atoms with Gasteiger partial charge in [0.25, 0.3) is 0 Å². The maximum Gasteiger partial charge on any atom is 0.159 e. The van der Waals surface area contributed by atoms with Gasteiger partial charge in [0, 0.05) is 26.2 Å². The van der Waals surface area contributed by atoms with Crippen LogP contribution in [0.2, 0.25) is 0 Å². The normalized spacial score (nSPS) is 17.2. The van der Waals surface area contributed by atoms with Crippen LogP contribution in [0.1, 0.15) is 11.6 Å². The summed E-state index contributed by atoms with van der Waals surface area (Å²) in [6, 6.07) is 3.11. The Kier molecular flexibility index (Phi) is 8.41. The lowest BCUT2D eigenvalue weighted by atomic mass is 10.1. The van der Waals surface area contributed by atoms with Crippen LogP contribution in [0, 0.1) is 11.6 Å². The third kappa shape index (κ3) is 4.53. The van der Waals surface area contributed by atoms with Crippen molar-refractivity contribution >= 4 is 24.8 Å². The summed E-state index contributed by atoms with van der Waals surface area (Å²) >= 11 is 0. The SMILES string of the molecule is Cl.Cl.FC[C@H](c1ccc(F)c(F)c1)N1CCNCC1. The Morgan fingerprint density at radius 3 is 2.26 bits per heavy atom. The van der Waals surface area contributed by atoms with Crippen LogP contribution in [0.25, 0.3) is 0 Å². The summed E-state index contributed by atoms with van der Waals surface area (Å²) in [4.78, 5) is 1.95. The highest BCUT2D eigenvalue weighted by Gasteiger charge is 2.22. The molecule has 1 aromatic carbocycles. The molecule has 0 spiro atoms. The van der Waals surface area contributed by atoms with Crippen molar-refractivity contribution < 1.29 is 13.2 Å². The van der Waals surface area contributed by atoms with Crippen LogP contribution in [-0.4, -0.2) is 37.8 Å². The van der Waals surface area contributed by atoms with Gasteiger partial charge >= 0.3 is 0 Å². The molecular formula is C12H17Cl2F3N2. The fraction of sp³-hybridized carbons (Fsp3) is 0.500. The number of nitrogens with one attached hydrogen (secondary N) is 1. The summed E-state index contributed by atoms with van der Waals surface area (Å²) in [6.45, 7) is 2.42. The summed E-state index contributed by atoms with van der Waals surface area (Å²) in [7, 11) is 0. The molecule has 110 valence electrons. The molecule has 1 heterocycles. The van der Waals surface area contributed by atoms with Crippen molar-refractivity contribution in [2.24, 2.45) is 0 Å². The minimum atomic E-state index is -0.920. The van der Waals surface area contributed by atoms with Crippen LogP contribution in [0.15, 0.2) is 18.2 Å². The van der Waals surface area contributed by atoms with Crippen molar-refractivity contribution in [1.82, 2.24) is 10.2 Å². The Morgan fingerprint density at radius 1 is 1.11 bits per heavy atom. The zero-order valence-electron chi connectivity index (χ0n) is 10.2. The maximum atomic E-state index is 13.1. The summed E-state index contributed by atoms with van der Waals surface area (Å²) in [5.41, 5.74) is 0.494. The van der Waals surface area contributed by atoms with E-state index in [2.05, 4.69) is 5.32 Å². The van der Waals surface area contributed by atoms with Gasteiger partial charge in [-0.05, 0) is 17.7 Å². The first-order chi connectivity index (χ1) is 8.22. The number of rotatable bonds is 3. The smallest absolute Gasteiger partial charge is 0.159 e. The zero-order valence-corrected chi connectivity index (χ0v) is 11.9. The topological polar surface area (TPSA) is 15.3 Å². The van der Waals surface area contributed by atoms with Crippen LogP contribution < -0.4 is 5.32 Å². The number of hydrogen-bond donors (Lipinski definition) is 1. The number of hydrogen-bond acceptors (Lipinski definition) is 2. The molecule has 19 heavy (non-hydrogen) atoms. The lowest BCUT2D eigenvalue weighted by molar-refractivity contribution is 0.147. The molecule has 1 atom stereocenters. The Balaban J connectivity index is 0.00000162. The highest BCUT2D eigenvalue weighted by Crippen LogP contribution is 2.23. The van der Waals surface area contributed by atoms with Crippen molar-refractivity contribution in [2.75, 3.05) is 32.9 Å². The molecule has 1 fully saturated rings. The van der Waals surface area contributed by atoms with Gasteiger partial charge in [-0.25, -0.2) is 13.2 Å². The standard InChI is InChI=1S/C12H15F3N2.2ClH/c13-8-12(17-5-3-16-4-6-17)9-1-2-10(14)11(15)7-9;;/h1-2,7,12,16H,3-6,8H2;2*1H/t12-;;/m1../s1. The van der Waals surface area contributed by atoms with Gasteiger partial charge in [-0.15, -0.1) is 24.8 Å². The minimum Gasteiger partial charge on any atom is -0.314 e. The van der Waals surface area contributed by atoms with Gasteiger partial charge < -0.3 is 5.32 Å². The first-order valence-corrected chi connectivity index (χ1v) is 5.68. The first kappa shape index (κ1) is 18.5. The largest absolute Gasteiger partial charge is 0.314 e. The Labute approximate surface area is 123 Å². The van der Waals surface area contributed by atoms with E-state index in [9.17, 15) is 13.2 Å². The molecule has 1 saturated heterocycles. The molecule has 1 aliphatic rings. The summed E-state index contributed by atoms with van der Waals surface area (Å²) in [5.74, 6) is -1.82. The van der Waals surface area contributed by atoms with E-state index in [1.165, 1.54) is 6.07 Å². The fourth-order valence-corrected chi connectivity index (χ4v) is 2.11. The monoisotopic (exact) mass is 316 g/mol. The van der Waals surface area contributed by atoms with E-state index in [0.717, 1.165) is 25.2 Å². The molecule has 0 radical (unpaired) electrons. The predicted octanol–water partition coefficient (Wildman–Crippen LogP) is 2.72. The summed E-state index contributed by atoms with van der Waals surface area (Å²) in [5, 5.41) is 3.17. The minimum absolute atomic E-state index is 0. The number of halogens is 5. The van der Waals surface area contributed by atoms with E-state index in [1.807, 2.05) is 4.90 Å². The van der Waals surface area contributed by atoms with Gasteiger partial charge in [0.1, 0.15) is 6.67 Å². The van der Waals surface area contributed by atoms with Crippen LogP contribution in [0.5, 0.6) is 0 Å². The van der Waals surface area contributed by atoms with Gasteiger partial charge in [-0.3, -0.25) is 4.90 Å². The van der Waals surface area contributed by atoms with Gasteiger partial charge in [0.2, 0.25) is 0 Å². The van der Waals surface area contributed by atoms with E-state index in [0.29, 0.717) is 18.7 Å². The van der Waals surface area contributed by atoms with Crippen molar-refractivity contribution in [3.8, 4) is 0 Å². The number of benzene rings is 1. The second-order valence-corrected chi connectivity index (χ2v) is 4.13. The van der Waals surface area contributed by atoms with Crippen molar-refractivity contribution in [3.63, 3.8) is 0 Å². The molecule has 7 heteroatoms. The molecule has 0 amide bonds. The first-order valence-electron chi connectivity index (χ1n) is 5.68. The number of nitrogens with zero attached hydrogens (tertiary/aromatic N) is 1. The predicted molar refractivity (Wildman–Crippen MR) is 74.0 cm³/mol. The zero-order chi connectivity index (χ0) is 12.3. The molecule has 0 aromatic heterocycles. The quantitative estimate of drug-likeness (QED) is 0.922. The van der Waals surface area contributed by atoms with Gasteiger partial charge in [-0.1, -0.05) is 6.07 Å². The van der Waals surface area contributed by atoms with E-state index >= 15 is 0 Å². The average Bonchev–Trinajstić information content (AvgIpc) is 2.36. The van der Waals surface area contributed by atoms with E-state index in [-0.39, 0.29) is 24.8 Å². The molecule has 0 saturated carbocycles. The maximum absolute atomic E-state index is 13.1. The number of piperazine rings is 1. The fourth-order valence-electron chi connectivity index (χ4n) is 2.11. The molecule has 0 aliphatic carbocycles. The second kappa shape index (κ2) is 8.64. The Hall–Kier alpha value is -0.490. The molecule has 2 nitrogen and oxygen atoms in total. The molecule has 0 unspecified atom stereocenters. The van der Waals surface area contributed by atoms with Crippen LogP contribution in [0.3, 0.4) is 0 Å². The molecular weight excluding hydrogens is 300 g/mol. The molecule has 1 N–H and O–H groups in total. The van der Waals surface area contributed by atoms with Gasteiger partial charge in [0.05, 0.1) is 6.04 Å². The average molecular weight is 317 g/mol. The third-order valence-electron chi connectivity index (χ3n) is 3.07. The lowest BCUT2D eigenvalue weighted by Crippen LogP contribution is -2.45. The molecule has 1 aromatic rings. The van der Waals surface area contributed by atoms with Gasteiger partial charge in [-0.2, -0.15) is 0 Å². The van der Waals surface area contributed by atoms with E-state index in [4.69, 9.17) is 0 Å². The lowest BCUT2D eigenvalue weighted by Gasteiger charge is -2.33. The van der Waals surface area contributed by atoms with Crippen molar-refractivity contribution in [3.05, 3.63) is 35.4 Å². The Morgan fingerprint density at radius 2 is 1.74 bits per heavy atom. The summed E-state index contributed by atoms with van der Waals surface area (Å²) in [6.07, 6.45) is 0. The Bertz CT molecular complexity index is 387. The van der Waals surface area contributed by atoms with Crippen molar-refractivity contribution in [2.45, 2.75) is 6.04 Å². The highest BCUT2D eigenvalue weighted by atomic mass is 35.5. The highest BCUT2D eigenvalue weighted by molar-refractivity contribution is 5.85. The molecule has 0 bridgehead atoms. The molecule has 2 rings (SSSR count).